The van der Waals surface area contributed by atoms with Crippen LogP contribution in [0.3, 0.4) is 0 Å². The lowest BCUT2D eigenvalue weighted by atomic mass is 10.1. The molecule has 1 unspecified atom stereocenters. The Morgan fingerprint density at radius 1 is 1.29 bits per heavy atom. The van der Waals surface area contributed by atoms with Crippen LogP contribution in [-0.4, -0.2) is 32.5 Å². The molecule has 118 valence electrons. The number of carbonyl (C=O) groups excluding carboxylic acids is 1. The fourth-order valence-corrected chi connectivity index (χ4v) is 2.20. The van der Waals surface area contributed by atoms with E-state index in [0.29, 0.717) is 0 Å². The van der Waals surface area contributed by atoms with Crippen molar-refractivity contribution >= 4 is 27.3 Å². The van der Waals surface area contributed by atoms with E-state index in [1.807, 2.05) is 0 Å². The number of hydrogen-bond acceptors (Lipinski definition) is 3. The molecule has 0 fully saturated rings. The molecule has 1 N–H and O–H groups in total. The summed E-state index contributed by atoms with van der Waals surface area (Å²) in [4.78, 5) is 11.5. The number of carbonyl (C=O) groups is 1. The molecule has 0 saturated carbocycles. The first-order valence-corrected chi connectivity index (χ1v) is 8.22. The molecule has 0 radical (unpaired) electrons. The van der Waals surface area contributed by atoms with E-state index in [4.69, 9.17) is 11.6 Å². The van der Waals surface area contributed by atoms with E-state index in [1.165, 1.54) is 12.1 Å². The van der Waals surface area contributed by atoms with Crippen LogP contribution in [0.5, 0.6) is 0 Å². The van der Waals surface area contributed by atoms with Crippen LogP contribution in [-0.2, 0) is 14.6 Å². The van der Waals surface area contributed by atoms with E-state index in [2.05, 4.69) is 0 Å². The Kier molecular flexibility index (Phi) is 5.63. The van der Waals surface area contributed by atoms with Crippen LogP contribution in [0.15, 0.2) is 24.3 Å². The van der Waals surface area contributed by atoms with Gasteiger partial charge in [0.1, 0.15) is 9.84 Å². The van der Waals surface area contributed by atoms with Crippen molar-refractivity contribution in [1.82, 2.24) is 5.32 Å². The predicted octanol–water partition coefficient (Wildman–Crippen LogP) is 2.49. The zero-order valence-electron chi connectivity index (χ0n) is 10.9. The third kappa shape index (κ3) is 6.34. The second kappa shape index (κ2) is 6.65. The van der Waals surface area contributed by atoms with Crippen LogP contribution in [0.2, 0.25) is 5.02 Å². The Labute approximate surface area is 125 Å². The van der Waals surface area contributed by atoms with Gasteiger partial charge in [0.2, 0.25) is 5.91 Å². The van der Waals surface area contributed by atoms with E-state index >= 15 is 0 Å². The summed E-state index contributed by atoms with van der Waals surface area (Å²) >= 11 is 5.60. The average Bonchev–Trinajstić information content (AvgIpc) is 2.32. The highest BCUT2D eigenvalue weighted by Gasteiger charge is 2.41. The van der Waals surface area contributed by atoms with Crippen molar-refractivity contribution in [1.29, 1.82) is 0 Å². The highest BCUT2D eigenvalue weighted by molar-refractivity contribution is 7.90. The highest BCUT2D eigenvalue weighted by Crippen LogP contribution is 2.33. The van der Waals surface area contributed by atoms with Gasteiger partial charge in [-0.25, -0.2) is 8.42 Å². The van der Waals surface area contributed by atoms with Crippen LogP contribution >= 0.6 is 11.6 Å². The van der Waals surface area contributed by atoms with Gasteiger partial charge in [-0.15, -0.1) is 0 Å². The SMILES string of the molecule is CS(=O)(=O)CCC(=O)NC(c1ccc(Cl)cc1)C(F)(F)F. The summed E-state index contributed by atoms with van der Waals surface area (Å²) in [6, 6.07) is 2.65. The molecule has 0 spiro atoms. The molecule has 0 aromatic heterocycles. The van der Waals surface area contributed by atoms with Gasteiger partial charge in [-0.05, 0) is 17.7 Å². The number of alkyl halides is 3. The number of amides is 1. The maximum Gasteiger partial charge on any atom is 0.412 e. The Morgan fingerprint density at radius 2 is 1.81 bits per heavy atom. The molecule has 0 heterocycles. The van der Waals surface area contributed by atoms with Crippen molar-refractivity contribution in [2.75, 3.05) is 12.0 Å². The van der Waals surface area contributed by atoms with Crippen LogP contribution in [0.4, 0.5) is 13.2 Å². The lowest BCUT2D eigenvalue weighted by Crippen LogP contribution is -2.38. The van der Waals surface area contributed by atoms with Crippen LogP contribution in [0, 0.1) is 0 Å². The summed E-state index contributed by atoms with van der Waals surface area (Å²) in [5.41, 5.74) is -0.181. The molecule has 0 saturated heterocycles. The normalized spacial score (nSPS) is 13.8. The second-order valence-corrected chi connectivity index (χ2v) is 7.17. The smallest absolute Gasteiger partial charge is 0.341 e. The molecule has 21 heavy (non-hydrogen) atoms. The van der Waals surface area contributed by atoms with Gasteiger partial charge >= 0.3 is 6.18 Å². The molecule has 1 rings (SSSR count). The van der Waals surface area contributed by atoms with Crippen molar-refractivity contribution < 1.29 is 26.4 Å². The Balaban J connectivity index is 2.85. The van der Waals surface area contributed by atoms with Crippen molar-refractivity contribution in [2.24, 2.45) is 0 Å². The van der Waals surface area contributed by atoms with E-state index in [9.17, 15) is 26.4 Å². The number of hydrogen-bond donors (Lipinski definition) is 1. The summed E-state index contributed by atoms with van der Waals surface area (Å²) < 4.78 is 60.7. The first-order chi connectivity index (χ1) is 9.49. The fraction of sp³-hybridized carbons (Fsp3) is 0.417. The summed E-state index contributed by atoms with van der Waals surface area (Å²) in [5.74, 6) is -1.50. The fourth-order valence-electron chi connectivity index (χ4n) is 1.52. The van der Waals surface area contributed by atoms with Gasteiger partial charge in [0.15, 0.2) is 6.04 Å². The molecule has 1 aromatic carbocycles. The monoisotopic (exact) mass is 343 g/mol. The minimum absolute atomic E-state index is 0.181. The Bertz CT molecular complexity index is 599. The number of nitrogens with one attached hydrogen (secondary N) is 1. The first-order valence-electron chi connectivity index (χ1n) is 5.78. The summed E-state index contributed by atoms with van der Waals surface area (Å²) in [6.45, 7) is 0. The van der Waals surface area contributed by atoms with Crippen molar-refractivity contribution in [2.45, 2.75) is 18.6 Å². The van der Waals surface area contributed by atoms with Gasteiger partial charge in [-0.2, -0.15) is 13.2 Å². The van der Waals surface area contributed by atoms with Gasteiger partial charge in [0, 0.05) is 17.7 Å². The molecule has 1 aromatic rings. The van der Waals surface area contributed by atoms with Gasteiger partial charge in [-0.1, -0.05) is 23.7 Å². The first kappa shape index (κ1) is 17.8. The van der Waals surface area contributed by atoms with Crippen LogP contribution in [0.1, 0.15) is 18.0 Å². The van der Waals surface area contributed by atoms with Crippen LogP contribution in [0.25, 0.3) is 0 Å². The Hall–Kier alpha value is -1.28. The molecule has 1 amide bonds. The van der Waals surface area contributed by atoms with Crippen molar-refractivity contribution in [3.8, 4) is 0 Å². The van der Waals surface area contributed by atoms with Gasteiger partial charge in [0.05, 0.1) is 5.75 Å². The maximum absolute atomic E-state index is 13.0. The van der Waals surface area contributed by atoms with Crippen molar-refractivity contribution in [3.05, 3.63) is 34.9 Å². The number of rotatable bonds is 5. The zero-order chi connectivity index (χ0) is 16.3. The van der Waals surface area contributed by atoms with E-state index in [-0.39, 0.29) is 10.6 Å². The lowest BCUT2D eigenvalue weighted by Gasteiger charge is -2.22. The average molecular weight is 344 g/mol. The van der Waals surface area contributed by atoms with Gasteiger partial charge < -0.3 is 5.32 Å². The number of benzene rings is 1. The summed E-state index contributed by atoms with van der Waals surface area (Å²) in [5, 5.41) is 2.06. The lowest BCUT2D eigenvalue weighted by molar-refractivity contribution is -0.163. The van der Waals surface area contributed by atoms with Gasteiger partial charge in [-0.3, -0.25) is 4.79 Å². The highest BCUT2D eigenvalue weighted by atomic mass is 35.5. The molecular weight excluding hydrogens is 331 g/mol. The molecule has 0 aliphatic carbocycles. The van der Waals surface area contributed by atoms with Crippen molar-refractivity contribution in [3.63, 3.8) is 0 Å². The second-order valence-electron chi connectivity index (χ2n) is 4.47. The maximum atomic E-state index is 13.0. The quantitative estimate of drug-likeness (QED) is 0.893. The molecule has 4 nitrogen and oxygen atoms in total. The third-order valence-corrected chi connectivity index (χ3v) is 3.73. The molecule has 9 heteroatoms. The predicted molar refractivity (Wildman–Crippen MR) is 72.7 cm³/mol. The number of halogens is 4. The van der Waals surface area contributed by atoms with E-state index in [1.54, 1.807) is 5.32 Å². The minimum Gasteiger partial charge on any atom is -0.341 e. The summed E-state index contributed by atoms with van der Waals surface area (Å²) in [6.07, 6.45) is -4.33. The van der Waals surface area contributed by atoms with Crippen LogP contribution < -0.4 is 5.32 Å². The molecule has 0 aliphatic heterocycles. The largest absolute Gasteiger partial charge is 0.412 e. The molecular formula is C12H13ClF3NO3S. The van der Waals surface area contributed by atoms with E-state index in [0.717, 1.165) is 18.4 Å². The molecule has 1 atom stereocenters. The van der Waals surface area contributed by atoms with E-state index < -0.39 is 40.1 Å². The third-order valence-electron chi connectivity index (χ3n) is 2.54. The standard InChI is InChI=1S/C12H13ClF3NO3S/c1-21(19,20)7-6-10(18)17-11(12(14,15)16)8-2-4-9(13)5-3-8/h2-5,11H,6-7H2,1H3,(H,17,18). The Morgan fingerprint density at radius 3 is 2.24 bits per heavy atom. The summed E-state index contributed by atoms with van der Waals surface area (Å²) in [7, 11) is -3.42. The zero-order valence-corrected chi connectivity index (χ0v) is 12.5. The molecule has 0 aliphatic rings. The minimum atomic E-state index is -4.70. The number of sulfone groups is 1. The topological polar surface area (TPSA) is 63.2 Å². The van der Waals surface area contributed by atoms with Gasteiger partial charge in [0.25, 0.3) is 0 Å². The molecule has 0 bridgehead atoms.